The highest BCUT2D eigenvalue weighted by Gasteiger charge is 1.92. The molecule has 5 nitrogen and oxygen atoms in total. The van der Waals surface area contributed by atoms with E-state index in [1.54, 1.807) is 13.2 Å². The number of aliphatic imine (C=N–C) groups is 1. The first kappa shape index (κ1) is 9.35. The van der Waals surface area contributed by atoms with Crippen LogP contribution in [0.25, 0.3) is 0 Å². The fourth-order valence-electron chi connectivity index (χ4n) is 0.446. The zero-order valence-corrected chi connectivity index (χ0v) is 6.31. The van der Waals surface area contributed by atoms with Crippen LogP contribution in [0.15, 0.2) is 16.9 Å². The number of rotatable bonds is 3. The van der Waals surface area contributed by atoms with Crippen molar-refractivity contribution in [2.24, 2.45) is 4.99 Å². The number of hydrogen-bond donors (Lipinski definition) is 4. The lowest BCUT2D eigenvalue weighted by Crippen LogP contribution is -2.21. The molecule has 0 fully saturated rings. The van der Waals surface area contributed by atoms with Gasteiger partial charge in [0.25, 0.3) is 0 Å². The molecular formula is C6H11N5. The standard InChI is InChI=1S/C6H11N5/c1-9-4-5(3-7)11-6(8)10-2/h3-4,7,9H,2H2,1H3,(H2,8,11)/b5-4+,7-3?. The van der Waals surface area contributed by atoms with Gasteiger partial charge in [-0.15, -0.1) is 0 Å². The molecule has 0 saturated carbocycles. The molecule has 0 rings (SSSR count). The summed E-state index contributed by atoms with van der Waals surface area (Å²) in [5, 5.41) is 19.2. The lowest BCUT2D eigenvalue weighted by Gasteiger charge is -2.01. The van der Waals surface area contributed by atoms with E-state index in [4.69, 9.17) is 10.8 Å². The van der Waals surface area contributed by atoms with Crippen LogP contribution in [0.2, 0.25) is 0 Å². The molecule has 0 aliphatic carbocycles. The summed E-state index contributed by atoms with van der Waals surface area (Å²) in [6, 6.07) is 0. The molecule has 5 heteroatoms. The highest BCUT2D eigenvalue weighted by atomic mass is 15.1. The van der Waals surface area contributed by atoms with Crippen molar-refractivity contribution in [3.63, 3.8) is 0 Å². The molecule has 0 saturated heterocycles. The first-order chi connectivity index (χ1) is 5.24. The molecule has 0 aliphatic heterocycles. The van der Waals surface area contributed by atoms with Gasteiger partial charge in [-0.1, -0.05) is 0 Å². The van der Waals surface area contributed by atoms with Gasteiger partial charge in [-0.05, 0) is 6.72 Å². The molecule has 0 spiro atoms. The van der Waals surface area contributed by atoms with Gasteiger partial charge in [0.1, 0.15) is 0 Å². The van der Waals surface area contributed by atoms with Gasteiger partial charge in [0.2, 0.25) is 5.96 Å². The highest BCUT2D eigenvalue weighted by molar-refractivity contribution is 5.89. The van der Waals surface area contributed by atoms with Crippen LogP contribution in [-0.2, 0) is 0 Å². The number of nitrogens with one attached hydrogen (secondary N) is 4. The summed E-state index contributed by atoms with van der Waals surface area (Å²) in [5.41, 5.74) is 0.463. The molecule has 0 unspecified atom stereocenters. The summed E-state index contributed by atoms with van der Waals surface area (Å²) in [6.07, 6.45) is 2.63. The van der Waals surface area contributed by atoms with Crippen LogP contribution in [-0.4, -0.2) is 25.9 Å². The smallest absolute Gasteiger partial charge is 0.219 e. The average molecular weight is 153 g/mol. The van der Waals surface area contributed by atoms with Crippen LogP contribution in [0.1, 0.15) is 0 Å². The summed E-state index contributed by atoms with van der Waals surface area (Å²) in [5.74, 6) is -0.0741. The minimum Gasteiger partial charge on any atom is -0.392 e. The van der Waals surface area contributed by atoms with Gasteiger partial charge in [-0.25, -0.2) is 4.99 Å². The molecular weight excluding hydrogens is 142 g/mol. The van der Waals surface area contributed by atoms with Crippen LogP contribution in [0.3, 0.4) is 0 Å². The van der Waals surface area contributed by atoms with Crippen molar-refractivity contribution in [2.75, 3.05) is 7.05 Å². The topological polar surface area (TPSA) is 84.1 Å². The highest BCUT2D eigenvalue weighted by Crippen LogP contribution is 1.80. The van der Waals surface area contributed by atoms with Crippen LogP contribution >= 0.6 is 0 Å². The lowest BCUT2D eigenvalue weighted by atomic mass is 10.5. The van der Waals surface area contributed by atoms with E-state index in [1.165, 1.54) is 0 Å². The predicted octanol–water partition coefficient (Wildman–Crippen LogP) is -0.0783. The Labute approximate surface area is 65.2 Å². The van der Waals surface area contributed by atoms with E-state index in [2.05, 4.69) is 22.3 Å². The van der Waals surface area contributed by atoms with E-state index in [0.717, 1.165) is 6.21 Å². The average Bonchev–Trinajstić information content (AvgIpc) is 2.03. The van der Waals surface area contributed by atoms with E-state index in [1.807, 2.05) is 0 Å². The van der Waals surface area contributed by atoms with Gasteiger partial charge in [-0.3, -0.25) is 5.41 Å². The summed E-state index contributed by atoms with van der Waals surface area (Å²) in [7, 11) is 1.70. The molecule has 0 radical (unpaired) electrons. The van der Waals surface area contributed by atoms with E-state index in [9.17, 15) is 0 Å². The Morgan fingerprint density at radius 3 is 2.64 bits per heavy atom. The Hall–Kier alpha value is -1.65. The van der Waals surface area contributed by atoms with Gasteiger partial charge in [-0.2, -0.15) is 0 Å². The molecule has 0 bridgehead atoms. The van der Waals surface area contributed by atoms with Gasteiger partial charge in [0.05, 0.1) is 5.70 Å². The minimum atomic E-state index is -0.0741. The van der Waals surface area contributed by atoms with Crippen molar-refractivity contribution in [1.82, 2.24) is 10.6 Å². The molecule has 0 atom stereocenters. The van der Waals surface area contributed by atoms with Crippen molar-refractivity contribution in [3.8, 4) is 0 Å². The van der Waals surface area contributed by atoms with Crippen LogP contribution in [0.5, 0.6) is 0 Å². The Balaban J connectivity index is 4.08. The maximum absolute atomic E-state index is 7.04. The molecule has 4 N–H and O–H groups in total. The van der Waals surface area contributed by atoms with Gasteiger partial charge in [0.15, 0.2) is 0 Å². The molecule has 0 amide bonds. The van der Waals surface area contributed by atoms with Crippen molar-refractivity contribution in [1.29, 1.82) is 10.8 Å². The third-order valence-electron chi connectivity index (χ3n) is 0.876. The summed E-state index contributed by atoms with van der Waals surface area (Å²) >= 11 is 0. The third-order valence-corrected chi connectivity index (χ3v) is 0.876. The maximum Gasteiger partial charge on any atom is 0.219 e. The van der Waals surface area contributed by atoms with Crippen molar-refractivity contribution in [3.05, 3.63) is 11.9 Å². The second kappa shape index (κ2) is 5.16. The molecule has 60 valence electrons. The Bertz CT molecular complexity index is 193. The fraction of sp³-hybridized carbons (Fsp3) is 0.167. The number of allylic oxidation sites excluding steroid dienone is 1. The molecule has 0 heterocycles. The zero-order chi connectivity index (χ0) is 8.69. The zero-order valence-electron chi connectivity index (χ0n) is 6.31. The lowest BCUT2D eigenvalue weighted by molar-refractivity contribution is 1.04. The second-order valence-electron chi connectivity index (χ2n) is 1.66. The van der Waals surface area contributed by atoms with Gasteiger partial charge < -0.3 is 16.0 Å². The normalized spacial score (nSPS) is 10.1. The largest absolute Gasteiger partial charge is 0.392 e. The van der Waals surface area contributed by atoms with E-state index < -0.39 is 0 Å². The summed E-state index contributed by atoms with van der Waals surface area (Å²) < 4.78 is 0. The van der Waals surface area contributed by atoms with Crippen molar-refractivity contribution in [2.45, 2.75) is 0 Å². The summed E-state index contributed by atoms with van der Waals surface area (Å²) in [6.45, 7) is 3.15. The van der Waals surface area contributed by atoms with Gasteiger partial charge in [0, 0.05) is 19.5 Å². The first-order valence-corrected chi connectivity index (χ1v) is 2.94. The Morgan fingerprint density at radius 1 is 1.64 bits per heavy atom. The molecule has 0 aromatic rings. The number of guanidine groups is 1. The quantitative estimate of drug-likeness (QED) is 0.338. The number of hydrogen-bond acceptors (Lipinski definition) is 3. The summed E-state index contributed by atoms with van der Waals surface area (Å²) in [4.78, 5) is 3.31. The SMILES string of the molecule is C=NC(=N)N/C(C=N)=C/NC. The third kappa shape index (κ3) is 3.85. The monoisotopic (exact) mass is 153 g/mol. The van der Waals surface area contributed by atoms with E-state index >= 15 is 0 Å². The fourth-order valence-corrected chi connectivity index (χ4v) is 0.446. The van der Waals surface area contributed by atoms with E-state index in [-0.39, 0.29) is 5.96 Å². The minimum absolute atomic E-state index is 0.0741. The first-order valence-electron chi connectivity index (χ1n) is 2.94. The molecule has 0 aromatic heterocycles. The van der Waals surface area contributed by atoms with Crippen LogP contribution in [0.4, 0.5) is 0 Å². The Morgan fingerprint density at radius 2 is 2.27 bits per heavy atom. The number of nitrogens with zero attached hydrogens (tertiary/aromatic N) is 1. The van der Waals surface area contributed by atoms with Crippen LogP contribution in [0, 0.1) is 10.8 Å². The second-order valence-corrected chi connectivity index (χ2v) is 1.66. The predicted molar refractivity (Wildman–Crippen MR) is 46.3 cm³/mol. The van der Waals surface area contributed by atoms with Crippen LogP contribution < -0.4 is 10.6 Å². The maximum atomic E-state index is 7.04. The Kier molecular flexibility index (Phi) is 4.39. The van der Waals surface area contributed by atoms with Crippen molar-refractivity contribution < 1.29 is 0 Å². The molecule has 0 aliphatic rings. The van der Waals surface area contributed by atoms with Gasteiger partial charge >= 0.3 is 0 Å². The molecule has 0 aromatic carbocycles. The van der Waals surface area contributed by atoms with Crippen molar-refractivity contribution >= 4 is 18.9 Å². The van der Waals surface area contributed by atoms with E-state index in [0.29, 0.717) is 5.70 Å². The molecule has 11 heavy (non-hydrogen) atoms.